The van der Waals surface area contributed by atoms with E-state index in [1.165, 1.54) is 5.56 Å². The van der Waals surface area contributed by atoms with Crippen LogP contribution in [0.5, 0.6) is 0 Å². The maximum absolute atomic E-state index is 11.6. The lowest BCUT2D eigenvalue weighted by molar-refractivity contribution is -0.120. The molecule has 0 bridgehead atoms. The van der Waals surface area contributed by atoms with E-state index in [-0.39, 0.29) is 5.91 Å². The molecular formula is C13H18BrNO. The van der Waals surface area contributed by atoms with Crippen molar-refractivity contribution in [2.75, 3.05) is 11.9 Å². The van der Waals surface area contributed by atoms with Crippen molar-refractivity contribution in [3.8, 4) is 0 Å². The number of rotatable bonds is 6. The summed E-state index contributed by atoms with van der Waals surface area (Å²) < 4.78 is 0. The molecule has 0 aromatic heterocycles. The molecular weight excluding hydrogens is 266 g/mol. The lowest BCUT2D eigenvalue weighted by Crippen LogP contribution is -2.26. The number of nitrogens with one attached hydrogen (secondary N) is 1. The summed E-state index contributed by atoms with van der Waals surface area (Å²) >= 11 is 3.37. The van der Waals surface area contributed by atoms with E-state index in [4.69, 9.17) is 0 Å². The van der Waals surface area contributed by atoms with Gasteiger partial charge in [0.25, 0.3) is 0 Å². The largest absolute Gasteiger partial charge is 0.356 e. The maximum atomic E-state index is 11.6. The highest BCUT2D eigenvalue weighted by Crippen LogP contribution is 2.04. The van der Waals surface area contributed by atoms with Gasteiger partial charge in [-0.05, 0) is 25.3 Å². The normalized spacial score (nSPS) is 10.1. The van der Waals surface area contributed by atoms with Gasteiger partial charge in [0.1, 0.15) is 0 Å². The third-order valence-corrected chi connectivity index (χ3v) is 2.89. The molecule has 0 aliphatic rings. The molecule has 1 aromatic carbocycles. The summed E-state index contributed by atoms with van der Waals surface area (Å²) in [6.45, 7) is 2.81. The Hall–Kier alpha value is -0.830. The van der Waals surface area contributed by atoms with Crippen LogP contribution < -0.4 is 5.32 Å². The minimum absolute atomic E-state index is 0.111. The van der Waals surface area contributed by atoms with Crippen molar-refractivity contribution in [2.24, 2.45) is 0 Å². The number of aryl methyl sites for hydroxylation is 1. The van der Waals surface area contributed by atoms with Crippen LogP contribution in [-0.2, 0) is 11.2 Å². The molecule has 1 amide bonds. The van der Waals surface area contributed by atoms with Crippen LogP contribution in [-0.4, -0.2) is 17.8 Å². The number of carbonyl (C=O) groups is 1. The molecule has 0 aliphatic heterocycles. The van der Waals surface area contributed by atoms with E-state index < -0.39 is 0 Å². The molecule has 1 N–H and O–H groups in total. The molecule has 1 rings (SSSR count). The molecule has 0 radical (unpaired) electrons. The maximum Gasteiger partial charge on any atom is 0.224 e. The minimum Gasteiger partial charge on any atom is -0.356 e. The zero-order chi connectivity index (χ0) is 11.8. The molecule has 2 nitrogen and oxygen atoms in total. The Morgan fingerprint density at radius 1 is 1.38 bits per heavy atom. The summed E-state index contributed by atoms with van der Waals surface area (Å²) in [5.74, 6) is 0.111. The first-order valence-corrected chi connectivity index (χ1v) is 6.72. The molecule has 0 heterocycles. The molecule has 0 saturated carbocycles. The lowest BCUT2D eigenvalue weighted by atomic mass is 10.1. The Kier molecular flexibility index (Phi) is 6.16. The van der Waals surface area contributed by atoms with E-state index in [9.17, 15) is 4.79 Å². The monoisotopic (exact) mass is 283 g/mol. The number of halogens is 1. The number of hydrogen-bond donors (Lipinski definition) is 1. The Morgan fingerprint density at radius 3 is 2.88 bits per heavy atom. The zero-order valence-corrected chi connectivity index (χ0v) is 11.2. The third kappa shape index (κ3) is 5.31. The molecule has 1 aromatic rings. The number of benzene rings is 1. The van der Waals surface area contributed by atoms with Gasteiger partial charge in [0.2, 0.25) is 5.91 Å². The topological polar surface area (TPSA) is 29.1 Å². The molecule has 0 unspecified atom stereocenters. The van der Waals surface area contributed by atoms with E-state index in [1.807, 2.05) is 25.1 Å². The highest BCUT2D eigenvalue weighted by Gasteiger charge is 2.02. The molecule has 0 saturated heterocycles. The van der Waals surface area contributed by atoms with Crippen LogP contribution in [0.3, 0.4) is 0 Å². The quantitative estimate of drug-likeness (QED) is 0.631. The van der Waals surface area contributed by atoms with Gasteiger partial charge in [-0.1, -0.05) is 45.8 Å². The van der Waals surface area contributed by atoms with Gasteiger partial charge in [0.15, 0.2) is 0 Å². The summed E-state index contributed by atoms with van der Waals surface area (Å²) in [5, 5.41) is 3.93. The summed E-state index contributed by atoms with van der Waals surface area (Å²) in [4.78, 5) is 11.6. The Labute approximate surface area is 106 Å². The van der Waals surface area contributed by atoms with Crippen molar-refractivity contribution in [3.05, 3.63) is 35.4 Å². The first kappa shape index (κ1) is 13.2. The van der Waals surface area contributed by atoms with Crippen molar-refractivity contribution >= 4 is 21.8 Å². The van der Waals surface area contributed by atoms with Crippen molar-refractivity contribution in [1.29, 1.82) is 0 Å². The average Bonchev–Trinajstić information content (AvgIpc) is 2.24. The van der Waals surface area contributed by atoms with Gasteiger partial charge in [-0.2, -0.15) is 0 Å². The van der Waals surface area contributed by atoms with E-state index in [1.54, 1.807) is 0 Å². The molecule has 3 heteroatoms. The van der Waals surface area contributed by atoms with Crippen molar-refractivity contribution in [3.63, 3.8) is 0 Å². The first-order valence-electron chi connectivity index (χ1n) is 5.60. The Bertz CT molecular complexity index is 338. The van der Waals surface area contributed by atoms with Gasteiger partial charge in [0, 0.05) is 11.9 Å². The highest BCUT2D eigenvalue weighted by atomic mass is 79.9. The second kappa shape index (κ2) is 7.44. The van der Waals surface area contributed by atoms with Crippen LogP contribution in [0.4, 0.5) is 0 Å². The summed E-state index contributed by atoms with van der Waals surface area (Å²) in [7, 11) is 0. The Morgan fingerprint density at radius 2 is 2.19 bits per heavy atom. The SMILES string of the molecule is Cc1cccc(CC(=O)NCCCCBr)c1. The van der Waals surface area contributed by atoms with Crippen LogP contribution in [0.1, 0.15) is 24.0 Å². The molecule has 0 atom stereocenters. The molecule has 0 spiro atoms. The van der Waals surface area contributed by atoms with Crippen LogP contribution in [0.25, 0.3) is 0 Å². The fraction of sp³-hybridized carbons (Fsp3) is 0.462. The van der Waals surface area contributed by atoms with Crippen LogP contribution in [0.2, 0.25) is 0 Å². The van der Waals surface area contributed by atoms with E-state index in [0.717, 1.165) is 30.3 Å². The number of hydrogen-bond acceptors (Lipinski definition) is 1. The Balaban J connectivity index is 2.29. The lowest BCUT2D eigenvalue weighted by Gasteiger charge is -2.05. The van der Waals surface area contributed by atoms with Crippen LogP contribution in [0, 0.1) is 6.92 Å². The van der Waals surface area contributed by atoms with Crippen molar-refractivity contribution < 1.29 is 4.79 Å². The minimum atomic E-state index is 0.111. The summed E-state index contributed by atoms with van der Waals surface area (Å²) in [5.41, 5.74) is 2.28. The van der Waals surface area contributed by atoms with E-state index in [0.29, 0.717) is 6.42 Å². The van der Waals surface area contributed by atoms with Gasteiger partial charge < -0.3 is 5.32 Å². The second-order valence-electron chi connectivity index (χ2n) is 3.91. The van der Waals surface area contributed by atoms with E-state index in [2.05, 4.69) is 27.3 Å². The second-order valence-corrected chi connectivity index (χ2v) is 4.70. The smallest absolute Gasteiger partial charge is 0.224 e. The average molecular weight is 284 g/mol. The van der Waals surface area contributed by atoms with Gasteiger partial charge in [-0.3, -0.25) is 4.79 Å². The van der Waals surface area contributed by atoms with Gasteiger partial charge in [0.05, 0.1) is 6.42 Å². The number of amides is 1. The highest BCUT2D eigenvalue weighted by molar-refractivity contribution is 9.09. The van der Waals surface area contributed by atoms with Crippen LogP contribution in [0.15, 0.2) is 24.3 Å². The fourth-order valence-corrected chi connectivity index (χ4v) is 1.91. The zero-order valence-electron chi connectivity index (χ0n) is 9.63. The number of unbranched alkanes of at least 4 members (excludes halogenated alkanes) is 1. The molecule has 88 valence electrons. The summed E-state index contributed by atoms with van der Waals surface area (Å²) in [6, 6.07) is 8.07. The third-order valence-electron chi connectivity index (χ3n) is 2.33. The van der Waals surface area contributed by atoms with Crippen LogP contribution >= 0.6 is 15.9 Å². The summed E-state index contributed by atoms with van der Waals surface area (Å²) in [6.07, 6.45) is 2.62. The van der Waals surface area contributed by atoms with E-state index >= 15 is 0 Å². The first-order chi connectivity index (χ1) is 7.72. The predicted octanol–water partition coefficient (Wildman–Crippen LogP) is 2.83. The predicted molar refractivity (Wildman–Crippen MR) is 70.9 cm³/mol. The molecule has 0 fully saturated rings. The number of carbonyl (C=O) groups excluding carboxylic acids is 1. The standard InChI is InChI=1S/C13H18BrNO/c1-11-5-4-6-12(9-11)10-13(16)15-8-3-2-7-14/h4-6,9H,2-3,7-8,10H2,1H3,(H,15,16). The molecule has 0 aliphatic carbocycles. The van der Waals surface area contributed by atoms with Crippen molar-refractivity contribution in [2.45, 2.75) is 26.2 Å². The fourth-order valence-electron chi connectivity index (χ4n) is 1.52. The van der Waals surface area contributed by atoms with Gasteiger partial charge in [-0.25, -0.2) is 0 Å². The number of alkyl halides is 1. The van der Waals surface area contributed by atoms with Gasteiger partial charge in [-0.15, -0.1) is 0 Å². The molecule has 16 heavy (non-hydrogen) atoms. The van der Waals surface area contributed by atoms with Crippen molar-refractivity contribution in [1.82, 2.24) is 5.32 Å². The van der Waals surface area contributed by atoms with Gasteiger partial charge >= 0.3 is 0 Å².